The standard InChI is InChI=1S/C22H33N3O3.C22H33N3O2.C17H24N2O3.C17H24N2O2/c1-16(2)23-10-12-24(13-11-23)18-6-8-25(9-7-18)22(26)19-5-4-17(3)20-21(19)28-15-14-27-20;1-16(2)23-11-13-24(14-12-23)18-6-9-25(10-7-18)22(26)20-5-4-17(3)21-19(20)8-15-27-21;1-12(2)18-6-8-19(9-7-18)17(20)14-5-4-13(3)15-16(14)22-11-10-21-15;1-12(2)18-7-9-19(10-8-18)17(20)15-5-4-13(3)16-14(15)6-11-21-16/h4-5,16,18H,6-15H2,1-3H3;4-5,16,18H,6-15H2,1-3H3;4-5,12H,6-11H2,1-3H3;4-5,12H,6-11H2,1-3H3. The SMILES string of the molecule is Cc1ccc(C(=O)N2CCC(N3CCN(C(C)C)CC3)CC2)c2c1OCC2.Cc1ccc(C(=O)N2CCC(N3CCN(C(C)C)CC3)CC2)c2c1OCCO2.Cc1ccc(C(=O)N2CCN(C(C)C)CC2)c2c1OCC2.Cc1ccc(C(=O)N2CCN(C(C)C)CC2)c2c1OCCO2. The van der Waals surface area contributed by atoms with Gasteiger partial charge in [0.15, 0.2) is 23.0 Å². The Bertz CT molecular complexity index is 3380. The Morgan fingerprint density at radius 2 is 0.541 bits per heavy atom. The number of rotatable bonds is 10. The molecule has 0 aromatic heterocycles. The molecule has 20 heteroatoms. The minimum Gasteiger partial charge on any atom is -0.493 e. The Kier molecular flexibility index (Phi) is 24.6. The number of fused-ring (bicyclic) bond motifs is 4. The summed E-state index contributed by atoms with van der Waals surface area (Å²) in [5.74, 6) is 5.05. The second kappa shape index (κ2) is 33.2. The van der Waals surface area contributed by atoms with E-state index in [9.17, 15) is 19.2 Å². The van der Waals surface area contributed by atoms with Crippen LogP contribution < -0.4 is 28.4 Å². The Morgan fingerprint density at radius 3 is 0.847 bits per heavy atom. The van der Waals surface area contributed by atoms with Gasteiger partial charge in [0.1, 0.15) is 37.9 Å². The van der Waals surface area contributed by atoms with Crippen LogP contribution in [0.4, 0.5) is 0 Å². The van der Waals surface area contributed by atoms with Gasteiger partial charge in [-0.15, -0.1) is 0 Å². The van der Waals surface area contributed by atoms with Crippen LogP contribution in [-0.4, -0.2) is 279 Å². The molecular formula is C78H114N10O10. The summed E-state index contributed by atoms with van der Waals surface area (Å²) >= 11 is 0. The first-order chi connectivity index (χ1) is 47.2. The van der Waals surface area contributed by atoms with E-state index < -0.39 is 0 Å². The fourth-order valence-corrected chi connectivity index (χ4v) is 15.8. The highest BCUT2D eigenvalue weighted by molar-refractivity contribution is 6.00. The molecule has 0 saturated carbocycles. The third-order valence-electron chi connectivity index (χ3n) is 22.2. The number of carbonyl (C=O) groups is 4. The van der Waals surface area contributed by atoms with E-state index in [1.54, 1.807) is 0 Å². The van der Waals surface area contributed by atoms with Crippen LogP contribution in [-0.2, 0) is 12.8 Å². The summed E-state index contributed by atoms with van der Waals surface area (Å²) in [6.07, 6.45) is 6.01. The molecule has 6 fully saturated rings. The molecular weight excluding hydrogens is 1240 g/mol. The number of benzene rings is 4. The maximum atomic E-state index is 13.2. The summed E-state index contributed by atoms with van der Waals surface area (Å²) in [5, 5.41) is 0. The van der Waals surface area contributed by atoms with Crippen molar-refractivity contribution in [2.45, 2.75) is 158 Å². The summed E-state index contributed by atoms with van der Waals surface area (Å²) in [6.45, 7) is 49.1. The molecule has 0 radical (unpaired) electrons. The minimum absolute atomic E-state index is 0.0464. The lowest BCUT2D eigenvalue weighted by Crippen LogP contribution is -2.54. The molecule has 10 heterocycles. The average Bonchev–Trinajstić information content (AvgIpc) is 1.15. The average molecular weight is 1350 g/mol. The number of likely N-dealkylation sites (tertiary alicyclic amines) is 2. The molecule has 0 spiro atoms. The molecule has 536 valence electrons. The predicted octanol–water partition coefficient (Wildman–Crippen LogP) is 8.99. The van der Waals surface area contributed by atoms with Crippen molar-refractivity contribution in [2.24, 2.45) is 0 Å². The van der Waals surface area contributed by atoms with Gasteiger partial charge in [0.25, 0.3) is 23.6 Å². The molecule has 10 aliphatic heterocycles. The van der Waals surface area contributed by atoms with Crippen LogP contribution in [0.15, 0.2) is 48.5 Å². The first kappa shape index (κ1) is 72.6. The van der Waals surface area contributed by atoms with E-state index in [4.69, 9.17) is 28.4 Å². The van der Waals surface area contributed by atoms with E-state index >= 15 is 0 Å². The van der Waals surface area contributed by atoms with E-state index in [0.717, 1.165) is 211 Å². The maximum Gasteiger partial charge on any atom is 0.257 e. The smallest absolute Gasteiger partial charge is 0.257 e. The number of ether oxygens (including phenoxy) is 6. The van der Waals surface area contributed by atoms with Crippen LogP contribution in [0.5, 0.6) is 34.5 Å². The largest absolute Gasteiger partial charge is 0.493 e. The molecule has 98 heavy (non-hydrogen) atoms. The fraction of sp³-hybridized carbons (Fsp3) is 0.641. The highest BCUT2D eigenvalue weighted by atomic mass is 16.6. The summed E-state index contributed by atoms with van der Waals surface area (Å²) in [5.41, 5.74) is 9.48. The zero-order valence-corrected chi connectivity index (χ0v) is 61.3. The topological polar surface area (TPSA) is 156 Å². The zero-order valence-electron chi connectivity index (χ0n) is 61.3. The first-order valence-corrected chi connectivity index (χ1v) is 37.1. The van der Waals surface area contributed by atoms with Crippen LogP contribution in [0, 0.1) is 27.7 Å². The lowest BCUT2D eigenvalue weighted by Gasteiger charge is -2.43. The number of amides is 4. The van der Waals surface area contributed by atoms with E-state index in [2.05, 4.69) is 96.6 Å². The van der Waals surface area contributed by atoms with Crippen LogP contribution >= 0.6 is 0 Å². The third-order valence-corrected chi connectivity index (χ3v) is 22.2. The number of hydrogen-bond donors (Lipinski definition) is 0. The van der Waals surface area contributed by atoms with Gasteiger partial charge in [-0.3, -0.25) is 48.6 Å². The van der Waals surface area contributed by atoms with Crippen molar-refractivity contribution in [3.05, 3.63) is 104 Å². The molecule has 0 N–H and O–H groups in total. The molecule has 0 bridgehead atoms. The Hall–Kier alpha value is -6.68. The quantitative estimate of drug-likeness (QED) is 0.148. The van der Waals surface area contributed by atoms with Gasteiger partial charge in [-0.25, -0.2) is 0 Å². The Morgan fingerprint density at radius 1 is 0.296 bits per heavy atom. The van der Waals surface area contributed by atoms with E-state index in [-0.39, 0.29) is 23.6 Å². The molecule has 4 aromatic rings. The van der Waals surface area contributed by atoms with Gasteiger partial charge in [0, 0.05) is 202 Å². The van der Waals surface area contributed by atoms with Gasteiger partial charge < -0.3 is 48.0 Å². The van der Waals surface area contributed by atoms with Crippen molar-refractivity contribution in [3.8, 4) is 34.5 Å². The summed E-state index contributed by atoms with van der Waals surface area (Å²) in [6, 6.07) is 19.2. The monoisotopic (exact) mass is 1350 g/mol. The van der Waals surface area contributed by atoms with Gasteiger partial charge in [-0.2, -0.15) is 0 Å². The van der Waals surface area contributed by atoms with Crippen molar-refractivity contribution in [1.82, 2.24) is 49.0 Å². The molecule has 0 unspecified atom stereocenters. The van der Waals surface area contributed by atoms with Crippen LogP contribution in [0.1, 0.15) is 156 Å². The van der Waals surface area contributed by atoms with E-state index in [1.165, 1.54) is 26.2 Å². The number of nitrogens with zero attached hydrogens (tertiary/aromatic N) is 10. The van der Waals surface area contributed by atoms with Gasteiger partial charge in [0.05, 0.1) is 24.3 Å². The summed E-state index contributed by atoms with van der Waals surface area (Å²) in [7, 11) is 0. The van der Waals surface area contributed by atoms with Crippen LogP contribution in [0.3, 0.4) is 0 Å². The summed E-state index contributed by atoms with van der Waals surface area (Å²) < 4.78 is 34.4. The molecule has 0 atom stereocenters. The number of piperidine rings is 2. The van der Waals surface area contributed by atoms with Gasteiger partial charge in [0.2, 0.25) is 0 Å². The summed E-state index contributed by atoms with van der Waals surface area (Å²) in [4.78, 5) is 75.1. The van der Waals surface area contributed by atoms with E-state index in [1.807, 2.05) is 84.0 Å². The molecule has 20 nitrogen and oxygen atoms in total. The number of carbonyl (C=O) groups excluding carboxylic acids is 4. The number of hydrogen-bond acceptors (Lipinski definition) is 16. The van der Waals surface area contributed by atoms with Gasteiger partial charge in [-0.05, 0) is 155 Å². The van der Waals surface area contributed by atoms with Gasteiger partial charge in [-0.1, -0.05) is 24.3 Å². The van der Waals surface area contributed by atoms with Crippen molar-refractivity contribution in [1.29, 1.82) is 0 Å². The van der Waals surface area contributed by atoms with E-state index in [0.29, 0.717) is 98.5 Å². The Labute approximate surface area is 584 Å². The first-order valence-electron chi connectivity index (χ1n) is 37.1. The number of aryl methyl sites for hydroxylation is 4. The molecule has 4 amide bonds. The van der Waals surface area contributed by atoms with Crippen LogP contribution in [0.2, 0.25) is 0 Å². The maximum absolute atomic E-state index is 13.2. The highest BCUT2D eigenvalue weighted by Gasteiger charge is 2.36. The van der Waals surface area contributed by atoms with Crippen molar-refractivity contribution >= 4 is 23.6 Å². The minimum atomic E-state index is 0.0464. The van der Waals surface area contributed by atoms with Crippen molar-refractivity contribution in [3.63, 3.8) is 0 Å². The van der Waals surface area contributed by atoms with Crippen molar-refractivity contribution in [2.75, 3.05) is 171 Å². The fourth-order valence-electron chi connectivity index (χ4n) is 15.8. The number of piperazine rings is 4. The lowest BCUT2D eigenvalue weighted by atomic mass is 9.98. The molecule has 14 rings (SSSR count). The molecule has 4 aromatic carbocycles. The third kappa shape index (κ3) is 16.9. The van der Waals surface area contributed by atoms with Gasteiger partial charge >= 0.3 is 0 Å². The normalized spacial score (nSPS) is 20.6. The molecule has 6 saturated heterocycles. The molecule has 0 aliphatic carbocycles. The van der Waals surface area contributed by atoms with Crippen LogP contribution in [0.25, 0.3) is 0 Å². The second-order valence-electron chi connectivity index (χ2n) is 29.5. The highest BCUT2D eigenvalue weighted by Crippen LogP contribution is 2.40. The Balaban J connectivity index is 0.000000133. The lowest BCUT2D eigenvalue weighted by molar-refractivity contribution is 0.0415. The predicted molar refractivity (Wildman–Crippen MR) is 385 cm³/mol. The second-order valence-corrected chi connectivity index (χ2v) is 29.5. The zero-order chi connectivity index (χ0) is 69.3. The molecule has 10 aliphatic rings. The van der Waals surface area contributed by atoms with Crippen molar-refractivity contribution < 1.29 is 47.6 Å².